The summed E-state index contributed by atoms with van der Waals surface area (Å²) in [4.78, 5) is 30.4. The van der Waals surface area contributed by atoms with Gasteiger partial charge >= 0.3 is 0 Å². The third kappa shape index (κ3) is 4.23. The van der Waals surface area contributed by atoms with Crippen LogP contribution in [0.1, 0.15) is 18.4 Å². The van der Waals surface area contributed by atoms with Crippen molar-refractivity contribution in [2.24, 2.45) is 7.05 Å². The van der Waals surface area contributed by atoms with E-state index < -0.39 is 0 Å². The highest BCUT2D eigenvalue weighted by molar-refractivity contribution is 5.78. The van der Waals surface area contributed by atoms with Crippen LogP contribution in [0.3, 0.4) is 0 Å². The average molecular weight is 344 g/mol. The number of hydrogen-bond acceptors (Lipinski definition) is 4. The molecule has 1 aliphatic rings. The summed E-state index contributed by atoms with van der Waals surface area (Å²) in [5.74, 6) is 0.0806. The standard InChI is InChI=1S/C18H21FN4O2/c1-22-11-8-20-17(18(22)25)23-9-6-15(7-10-23)21-16(24)12-13-2-4-14(19)5-3-13/h2-5,8,11,15H,6-7,9-10,12H2,1H3,(H,21,24). The molecule has 3 rings (SSSR count). The molecule has 1 aliphatic heterocycles. The Bertz CT molecular complexity index is 795. The monoisotopic (exact) mass is 344 g/mol. The molecule has 1 saturated heterocycles. The summed E-state index contributed by atoms with van der Waals surface area (Å²) < 4.78 is 14.4. The lowest BCUT2D eigenvalue weighted by Crippen LogP contribution is -2.46. The molecule has 7 heteroatoms. The van der Waals surface area contributed by atoms with E-state index in [1.54, 1.807) is 31.6 Å². The molecule has 1 aromatic carbocycles. The Morgan fingerprint density at radius 1 is 1.28 bits per heavy atom. The summed E-state index contributed by atoms with van der Waals surface area (Å²) in [5.41, 5.74) is 0.676. The zero-order valence-corrected chi connectivity index (χ0v) is 14.1. The number of aromatic nitrogens is 2. The lowest BCUT2D eigenvalue weighted by atomic mass is 10.0. The van der Waals surface area contributed by atoms with Crippen molar-refractivity contribution in [2.75, 3.05) is 18.0 Å². The Morgan fingerprint density at radius 3 is 2.64 bits per heavy atom. The van der Waals surface area contributed by atoms with E-state index >= 15 is 0 Å². The minimum absolute atomic E-state index is 0.0705. The molecule has 0 atom stereocenters. The van der Waals surface area contributed by atoms with Gasteiger partial charge in [0, 0.05) is 38.6 Å². The van der Waals surface area contributed by atoms with E-state index in [-0.39, 0.29) is 29.7 Å². The quantitative estimate of drug-likeness (QED) is 0.906. The molecule has 1 amide bonds. The molecular weight excluding hydrogens is 323 g/mol. The SMILES string of the molecule is Cn1ccnc(N2CCC(NC(=O)Cc3ccc(F)cc3)CC2)c1=O. The first kappa shape index (κ1) is 17.1. The lowest BCUT2D eigenvalue weighted by Gasteiger charge is -2.32. The fourth-order valence-corrected chi connectivity index (χ4v) is 3.00. The number of hydrogen-bond donors (Lipinski definition) is 1. The zero-order valence-electron chi connectivity index (χ0n) is 14.1. The van der Waals surface area contributed by atoms with E-state index in [1.165, 1.54) is 16.7 Å². The Labute approximate surface area is 145 Å². The van der Waals surface area contributed by atoms with E-state index in [0.717, 1.165) is 18.4 Å². The van der Waals surface area contributed by atoms with Crippen LogP contribution in [-0.2, 0) is 18.3 Å². The van der Waals surface area contributed by atoms with Gasteiger partial charge in [0.05, 0.1) is 6.42 Å². The van der Waals surface area contributed by atoms with Crippen LogP contribution in [0.15, 0.2) is 41.5 Å². The summed E-state index contributed by atoms with van der Waals surface area (Å²) in [6, 6.07) is 6.03. The van der Waals surface area contributed by atoms with Crippen LogP contribution < -0.4 is 15.8 Å². The number of halogens is 1. The molecule has 0 unspecified atom stereocenters. The maximum Gasteiger partial charge on any atom is 0.293 e. The van der Waals surface area contributed by atoms with Crippen LogP contribution in [-0.4, -0.2) is 34.6 Å². The number of carbonyl (C=O) groups excluding carboxylic acids is 1. The molecule has 0 bridgehead atoms. The molecule has 25 heavy (non-hydrogen) atoms. The van der Waals surface area contributed by atoms with E-state index in [1.807, 2.05) is 4.90 Å². The van der Waals surface area contributed by atoms with Crippen LogP contribution in [0.25, 0.3) is 0 Å². The summed E-state index contributed by atoms with van der Waals surface area (Å²) in [7, 11) is 1.70. The Balaban J connectivity index is 1.52. The molecule has 0 saturated carbocycles. The van der Waals surface area contributed by atoms with Gasteiger partial charge in [0.25, 0.3) is 5.56 Å². The number of nitrogens with zero attached hydrogens (tertiary/aromatic N) is 3. The molecule has 0 aliphatic carbocycles. The molecule has 1 N–H and O–H groups in total. The van der Waals surface area contributed by atoms with E-state index in [0.29, 0.717) is 18.9 Å². The highest BCUT2D eigenvalue weighted by Crippen LogP contribution is 2.15. The van der Waals surface area contributed by atoms with Crippen LogP contribution in [0.4, 0.5) is 10.2 Å². The minimum atomic E-state index is -0.308. The largest absolute Gasteiger partial charge is 0.353 e. The topological polar surface area (TPSA) is 67.2 Å². The maximum absolute atomic E-state index is 12.9. The third-order valence-corrected chi connectivity index (χ3v) is 4.44. The van der Waals surface area contributed by atoms with Crippen LogP contribution in [0.5, 0.6) is 0 Å². The predicted molar refractivity (Wildman–Crippen MR) is 93.0 cm³/mol. The molecular formula is C18H21FN4O2. The fourth-order valence-electron chi connectivity index (χ4n) is 3.00. The second-order valence-electron chi connectivity index (χ2n) is 6.30. The minimum Gasteiger partial charge on any atom is -0.353 e. The Morgan fingerprint density at radius 2 is 1.96 bits per heavy atom. The van der Waals surface area contributed by atoms with Gasteiger partial charge in [-0.25, -0.2) is 9.37 Å². The van der Waals surface area contributed by atoms with E-state index in [9.17, 15) is 14.0 Å². The smallest absolute Gasteiger partial charge is 0.293 e. The van der Waals surface area contributed by atoms with E-state index in [2.05, 4.69) is 10.3 Å². The Kier molecular flexibility index (Phi) is 5.11. The lowest BCUT2D eigenvalue weighted by molar-refractivity contribution is -0.121. The van der Waals surface area contributed by atoms with Gasteiger partial charge < -0.3 is 14.8 Å². The van der Waals surface area contributed by atoms with Crippen molar-refractivity contribution >= 4 is 11.7 Å². The third-order valence-electron chi connectivity index (χ3n) is 4.44. The maximum atomic E-state index is 12.9. The van der Waals surface area contributed by atoms with Gasteiger partial charge in [0.1, 0.15) is 5.82 Å². The van der Waals surface area contributed by atoms with Crippen molar-refractivity contribution < 1.29 is 9.18 Å². The molecule has 0 spiro atoms. The number of anilines is 1. The van der Waals surface area contributed by atoms with Gasteiger partial charge in [-0.3, -0.25) is 9.59 Å². The number of amides is 1. The van der Waals surface area contributed by atoms with Gasteiger partial charge in [-0.1, -0.05) is 12.1 Å². The number of carbonyl (C=O) groups is 1. The number of nitrogens with one attached hydrogen (secondary N) is 1. The molecule has 132 valence electrons. The number of rotatable bonds is 4. The second-order valence-corrected chi connectivity index (χ2v) is 6.30. The molecule has 2 heterocycles. The van der Waals surface area contributed by atoms with Gasteiger partial charge in [-0.05, 0) is 30.5 Å². The summed E-state index contributed by atoms with van der Waals surface area (Å²) >= 11 is 0. The van der Waals surface area contributed by atoms with Gasteiger partial charge in [-0.2, -0.15) is 0 Å². The van der Waals surface area contributed by atoms with Crippen LogP contribution in [0, 0.1) is 5.82 Å². The fraction of sp³-hybridized carbons (Fsp3) is 0.389. The predicted octanol–water partition coefficient (Wildman–Crippen LogP) is 1.25. The molecule has 0 radical (unpaired) electrons. The van der Waals surface area contributed by atoms with Gasteiger partial charge in [0.15, 0.2) is 5.82 Å². The zero-order chi connectivity index (χ0) is 17.8. The van der Waals surface area contributed by atoms with Crippen LogP contribution in [0.2, 0.25) is 0 Å². The Hall–Kier alpha value is -2.70. The van der Waals surface area contributed by atoms with Crippen molar-refractivity contribution in [3.63, 3.8) is 0 Å². The van der Waals surface area contributed by atoms with Crippen LogP contribution >= 0.6 is 0 Å². The van der Waals surface area contributed by atoms with Crippen molar-refractivity contribution in [3.8, 4) is 0 Å². The van der Waals surface area contributed by atoms with Crippen molar-refractivity contribution in [2.45, 2.75) is 25.3 Å². The average Bonchev–Trinajstić information content (AvgIpc) is 2.60. The highest BCUT2D eigenvalue weighted by Gasteiger charge is 2.23. The molecule has 2 aromatic rings. The first-order valence-corrected chi connectivity index (χ1v) is 8.33. The normalized spacial score (nSPS) is 15.2. The first-order valence-electron chi connectivity index (χ1n) is 8.33. The highest BCUT2D eigenvalue weighted by atomic mass is 19.1. The van der Waals surface area contributed by atoms with Crippen molar-refractivity contribution in [3.05, 3.63) is 58.4 Å². The van der Waals surface area contributed by atoms with E-state index in [4.69, 9.17) is 0 Å². The summed E-state index contributed by atoms with van der Waals surface area (Å²) in [6.45, 7) is 1.35. The summed E-state index contributed by atoms with van der Waals surface area (Å²) in [5, 5.41) is 3.02. The first-order chi connectivity index (χ1) is 12.0. The number of benzene rings is 1. The van der Waals surface area contributed by atoms with Gasteiger partial charge in [0.2, 0.25) is 5.91 Å². The number of aryl methyl sites for hydroxylation is 1. The molecule has 6 nitrogen and oxygen atoms in total. The second kappa shape index (κ2) is 7.46. The summed E-state index contributed by atoms with van der Waals surface area (Å²) in [6.07, 6.45) is 5.01. The van der Waals surface area contributed by atoms with Crippen molar-refractivity contribution in [1.29, 1.82) is 0 Å². The van der Waals surface area contributed by atoms with Gasteiger partial charge in [-0.15, -0.1) is 0 Å². The molecule has 1 aromatic heterocycles. The number of piperidine rings is 1. The van der Waals surface area contributed by atoms with Crippen molar-refractivity contribution in [1.82, 2.24) is 14.9 Å². The molecule has 1 fully saturated rings.